The number of hydrogen-bond donors (Lipinski definition) is 0. The number of likely N-dealkylation sites (tertiary alicyclic amines) is 2. The number of halogens is 3. The van der Waals surface area contributed by atoms with Gasteiger partial charge in [-0.15, -0.1) is 0 Å². The minimum atomic E-state index is -0.253. The molecule has 2 aliphatic rings. The summed E-state index contributed by atoms with van der Waals surface area (Å²) in [4.78, 5) is 17.2. The first-order valence-corrected chi connectivity index (χ1v) is 12.0. The highest BCUT2D eigenvalue weighted by Crippen LogP contribution is 2.33. The van der Waals surface area contributed by atoms with Gasteiger partial charge in [0.05, 0.1) is 29.3 Å². The lowest BCUT2D eigenvalue weighted by Gasteiger charge is -2.40. The van der Waals surface area contributed by atoms with E-state index in [-0.39, 0.29) is 23.7 Å². The van der Waals surface area contributed by atoms with E-state index in [0.717, 1.165) is 49.0 Å². The van der Waals surface area contributed by atoms with Crippen LogP contribution < -0.4 is 0 Å². The fourth-order valence-corrected chi connectivity index (χ4v) is 5.10. The number of piperidine rings is 1. The molecule has 0 saturated carbocycles. The first-order valence-electron chi connectivity index (χ1n) is 11.2. The second kappa shape index (κ2) is 10.5. The molecule has 0 aromatic heterocycles. The molecule has 2 atom stereocenters. The van der Waals surface area contributed by atoms with E-state index in [1.54, 1.807) is 12.1 Å². The third-order valence-electron chi connectivity index (χ3n) is 6.54. The Morgan fingerprint density at radius 2 is 1.88 bits per heavy atom. The Labute approximate surface area is 199 Å². The lowest BCUT2D eigenvalue weighted by molar-refractivity contribution is -0.135. The van der Waals surface area contributed by atoms with Crippen LogP contribution in [0.25, 0.3) is 0 Å². The molecule has 2 aliphatic heterocycles. The van der Waals surface area contributed by atoms with Gasteiger partial charge >= 0.3 is 0 Å². The molecular formula is C25H29Cl2FN2O2. The molecule has 0 spiro atoms. The third kappa shape index (κ3) is 5.63. The Morgan fingerprint density at radius 3 is 2.59 bits per heavy atom. The van der Waals surface area contributed by atoms with Crippen molar-refractivity contribution in [1.82, 2.24) is 9.80 Å². The molecule has 0 N–H and O–H groups in total. The number of rotatable bonds is 6. The van der Waals surface area contributed by atoms with Crippen LogP contribution in [-0.2, 0) is 16.1 Å². The second-order valence-corrected chi connectivity index (χ2v) is 9.63. The van der Waals surface area contributed by atoms with Crippen molar-refractivity contribution in [2.24, 2.45) is 0 Å². The van der Waals surface area contributed by atoms with Crippen LogP contribution in [0, 0.1) is 12.7 Å². The molecule has 1 amide bonds. The molecule has 2 aromatic carbocycles. The summed E-state index contributed by atoms with van der Waals surface area (Å²) in [5.41, 5.74) is 2.86. The molecular weight excluding hydrogens is 450 g/mol. The normalized spacial score (nSPS) is 21.8. The van der Waals surface area contributed by atoms with Gasteiger partial charge in [-0.25, -0.2) is 4.39 Å². The molecule has 2 unspecified atom stereocenters. The average Bonchev–Trinajstić information content (AvgIpc) is 3.28. The quantitative estimate of drug-likeness (QED) is 0.554. The van der Waals surface area contributed by atoms with Gasteiger partial charge in [0, 0.05) is 19.0 Å². The van der Waals surface area contributed by atoms with Crippen LogP contribution in [0.2, 0.25) is 10.0 Å². The van der Waals surface area contributed by atoms with Crippen molar-refractivity contribution in [3.8, 4) is 0 Å². The minimum absolute atomic E-state index is 0.0188. The fraction of sp³-hybridized carbons (Fsp3) is 0.480. The van der Waals surface area contributed by atoms with E-state index in [4.69, 9.17) is 27.9 Å². The summed E-state index contributed by atoms with van der Waals surface area (Å²) in [6.45, 7) is 6.02. The van der Waals surface area contributed by atoms with Gasteiger partial charge in [-0.05, 0) is 80.2 Å². The average molecular weight is 479 g/mol. The molecule has 0 radical (unpaired) electrons. The lowest BCUT2D eigenvalue weighted by atomic mass is 9.85. The Balaban J connectivity index is 1.49. The number of carbonyl (C=O) groups is 1. The van der Waals surface area contributed by atoms with E-state index >= 15 is 0 Å². The van der Waals surface area contributed by atoms with Crippen molar-refractivity contribution in [3.63, 3.8) is 0 Å². The molecule has 2 heterocycles. The van der Waals surface area contributed by atoms with Gasteiger partial charge in [-0.2, -0.15) is 0 Å². The lowest BCUT2D eigenvalue weighted by Crippen LogP contribution is -2.48. The molecule has 2 saturated heterocycles. The predicted octanol–water partition coefficient (Wildman–Crippen LogP) is 5.44. The number of aryl methyl sites for hydroxylation is 1. The van der Waals surface area contributed by atoms with Crippen molar-refractivity contribution >= 4 is 29.1 Å². The fourth-order valence-electron chi connectivity index (χ4n) is 4.78. The third-order valence-corrected chi connectivity index (χ3v) is 7.28. The topological polar surface area (TPSA) is 32.8 Å². The van der Waals surface area contributed by atoms with E-state index in [9.17, 15) is 9.18 Å². The number of benzene rings is 2. The van der Waals surface area contributed by atoms with Gasteiger partial charge in [0.15, 0.2) is 0 Å². The van der Waals surface area contributed by atoms with Crippen LogP contribution >= 0.6 is 23.2 Å². The molecule has 7 heteroatoms. The van der Waals surface area contributed by atoms with Gasteiger partial charge in [-0.1, -0.05) is 35.3 Å². The van der Waals surface area contributed by atoms with Crippen LogP contribution in [0.15, 0.2) is 36.4 Å². The maximum Gasteiger partial charge on any atom is 0.236 e. The summed E-state index contributed by atoms with van der Waals surface area (Å²) in [6.07, 6.45) is 2.98. The SMILES string of the molecule is Cc1cc(F)ccc1C1CN(C(=O)CN2CCCC2)CCC1OCc1ccc(Cl)c(Cl)c1. The van der Waals surface area contributed by atoms with Crippen LogP contribution in [0.3, 0.4) is 0 Å². The minimum Gasteiger partial charge on any atom is -0.373 e. The highest BCUT2D eigenvalue weighted by atomic mass is 35.5. The van der Waals surface area contributed by atoms with E-state index in [1.165, 1.54) is 6.07 Å². The number of nitrogens with zero attached hydrogens (tertiary/aromatic N) is 2. The highest BCUT2D eigenvalue weighted by molar-refractivity contribution is 6.42. The molecule has 0 aliphatic carbocycles. The van der Waals surface area contributed by atoms with E-state index in [2.05, 4.69) is 4.90 Å². The van der Waals surface area contributed by atoms with E-state index < -0.39 is 0 Å². The maximum absolute atomic E-state index is 13.8. The van der Waals surface area contributed by atoms with Crippen molar-refractivity contribution in [1.29, 1.82) is 0 Å². The van der Waals surface area contributed by atoms with Crippen molar-refractivity contribution < 1.29 is 13.9 Å². The zero-order valence-electron chi connectivity index (χ0n) is 18.3. The van der Waals surface area contributed by atoms with Crippen molar-refractivity contribution in [2.75, 3.05) is 32.7 Å². The number of hydrogen-bond acceptors (Lipinski definition) is 3. The number of ether oxygens (including phenoxy) is 1. The summed E-state index contributed by atoms with van der Waals surface area (Å²) in [6, 6.07) is 10.4. The summed E-state index contributed by atoms with van der Waals surface area (Å²) in [7, 11) is 0. The molecule has 32 heavy (non-hydrogen) atoms. The second-order valence-electron chi connectivity index (χ2n) is 8.82. The van der Waals surface area contributed by atoms with Crippen LogP contribution in [0.1, 0.15) is 41.9 Å². The van der Waals surface area contributed by atoms with E-state index in [0.29, 0.717) is 36.3 Å². The number of amides is 1. The molecule has 2 aromatic rings. The van der Waals surface area contributed by atoms with Crippen molar-refractivity contribution in [3.05, 3.63) is 69.0 Å². The standard InChI is InChI=1S/C25H29Cl2FN2O2/c1-17-12-19(28)5-6-20(17)21-14-30(25(31)15-29-9-2-3-10-29)11-8-24(21)32-16-18-4-7-22(26)23(27)13-18/h4-7,12-13,21,24H,2-3,8-11,14-16H2,1H3. The van der Waals surface area contributed by atoms with Crippen LogP contribution in [0.4, 0.5) is 4.39 Å². The smallest absolute Gasteiger partial charge is 0.236 e. The summed E-state index contributed by atoms with van der Waals surface area (Å²) in [5, 5.41) is 1.01. The molecule has 4 nitrogen and oxygen atoms in total. The molecule has 0 bridgehead atoms. The van der Waals surface area contributed by atoms with Gasteiger partial charge < -0.3 is 9.64 Å². The largest absolute Gasteiger partial charge is 0.373 e. The Hall–Kier alpha value is -1.66. The van der Waals surface area contributed by atoms with Crippen LogP contribution in [0.5, 0.6) is 0 Å². The van der Waals surface area contributed by atoms with Gasteiger partial charge in [0.2, 0.25) is 5.91 Å². The van der Waals surface area contributed by atoms with E-state index in [1.807, 2.05) is 30.0 Å². The predicted molar refractivity (Wildman–Crippen MR) is 126 cm³/mol. The first kappa shape index (κ1) is 23.5. The molecule has 2 fully saturated rings. The molecule has 172 valence electrons. The Morgan fingerprint density at radius 1 is 1.09 bits per heavy atom. The Bertz CT molecular complexity index is 965. The number of carbonyl (C=O) groups excluding carboxylic acids is 1. The Kier molecular flexibility index (Phi) is 7.72. The zero-order chi connectivity index (χ0) is 22.7. The first-order chi connectivity index (χ1) is 15.4. The summed E-state index contributed by atoms with van der Waals surface area (Å²) in [5.74, 6) is -0.105. The van der Waals surface area contributed by atoms with Crippen molar-refractivity contribution in [2.45, 2.75) is 44.8 Å². The molecule has 4 rings (SSSR count). The summed E-state index contributed by atoms with van der Waals surface area (Å²) >= 11 is 12.2. The summed E-state index contributed by atoms with van der Waals surface area (Å²) < 4.78 is 20.1. The zero-order valence-corrected chi connectivity index (χ0v) is 19.8. The van der Waals surface area contributed by atoms with Gasteiger partial charge in [-0.3, -0.25) is 9.69 Å². The van der Waals surface area contributed by atoms with Gasteiger partial charge in [0.25, 0.3) is 0 Å². The van der Waals surface area contributed by atoms with Gasteiger partial charge in [0.1, 0.15) is 5.82 Å². The maximum atomic E-state index is 13.8. The highest BCUT2D eigenvalue weighted by Gasteiger charge is 2.34. The van der Waals surface area contributed by atoms with Crippen LogP contribution in [-0.4, -0.2) is 54.5 Å². The monoisotopic (exact) mass is 478 g/mol.